The monoisotopic (exact) mass is 437 g/mol. The van der Waals surface area contributed by atoms with E-state index < -0.39 is 0 Å². The minimum absolute atomic E-state index is 0.597. The number of hydrogen-bond donors (Lipinski definition) is 2. The van der Waals surface area contributed by atoms with Gasteiger partial charge in [-0.3, -0.25) is 0 Å². The number of nitrogen functional groups attached to an aromatic ring is 1. The van der Waals surface area contributed by atoms with Gasteiger partial charge in [-0.05, 0) is 58.8 Å². The van der Waals surface area contributed by atoms with Crippen molar-refractivity contribution in [3.63, 3.8) is 0 Å². The van der Waals surface area contributed by atoms with Crippen molar-refractivity contribution in [2.75, 3.05) is 29.0 Å². The molecule has 0 spiro atoms. The molecular formula is C22H24BrN5. The quantitative estimate of drug-likeness (QED) is 0.585. The molecule has 28 heavy (non-hydrogen) atoms. The fourth-order valence-electron chi connectivity index (χ4n) is 3.72. The molecule has 3 N–H and O–H groups in total. The number of hydrogen-bond acceptors (Lipinski definition) is 5. The van der Waals surface area contributed by atoms with Crippen molar-refractivity contribution in [2.24, 2.45) is 5.92 Å². The van der Waals surface area contributed by atoms with E-state index in [1.165, 1.54) is 5.56 Å². The van der Waals surface area contributed by atoms with Crippen molar-refractivity contribution in [2.45, 2.75) is 19.3 Å². The third kappa shape index (κ3) is 4.28. The molecule has 1 aliphatic heterocycles. The largest absolute Gasteiger partial charge is 0.393 e. The maximum atomic E-state index is 6.43. The number of para-hydroxylation sites is 1. The Labute approximate surface area is 174 Å². The van der Waals surface area contributed by atoms with Crippen molar-refractivity contribution in [1.82, 2.24) is 9.97 Å². The van der Waals surface area contributed by atoms with E-state index in [9.17, 15) is 0 Å². The Morgan fingerprint density at radius 2 is 1.71 bits per heavy atom. The van der Waals surface area contributed by atoms with Crippen LogP contribution in [0.15, 0.2) is 65.4 Å². The molecule has 0 aliphatic carbocycles. The van der Waals surface area contributed by atoms with Gasteiger partial charge in [0.2, 0.25) is 0 Å². The van der Waals surface area contributed by atoms with Crippen LogP contribution in [0.2, 0.25) is 0 Å². The van der Waals surface area contributed by atoms with Gasteiger partial charge in [-0.1, -0.05) is 42.5 Å². The number of rotatable bonds is 5. The van der Waals surface area contributed by atoms with Gasteiger partial charge in [-0.2, -0.15) is 0 Å². The van der Waals surface area contributed by atoms with Crippen molar-refractivity contribution in [1.29, 1.82) is 0 Å². The van der Waals surface area contributed by atoms with Gasteiger partial charge >= 0.3 is 0 Å². The van der Waals surface area contributed by atoms with E-state index in [0.717, 1.165) is 48.3 Å². The lowest BCUT2D eigenvalue weighted by atomic mass is 9.90. The molecule has 0 amide bonds. The van der Waals surface area contributed by atoms with E-state index in [0.29, 0.717) is 17.4 Å². The summed E-state index contributed by atoms with van der Waals surface area (Å²) in [6.45, 7) is 1.93. The topological polar surface area (TPSA) is 67.1 Å². The molecule has 2 aromatic carbocycles. The first kappa shape index (κ1) is 18.7. The lowest BCUT2D eigenvalue weighted by Gasteiger charge is -2.33. The van der Waals surface area contributed by atoms with Crippen LogP contribution in [0.5, 0.6) is 0 Å². The van der Waals surface area contributed by atoms with Gasteiger partial charge < -0.3 is 16.0 Å². The highest BCUT2D eigenvalue weighted by atomic mass is 79.9. The molecule has 6 heteroatoms. The summed E-state index contributed by atoms with van der Waals surface area (Å²) in [7, 11) is 0. The molecule has 3 aromatic rings. The van der Waals surface area contributed by atoms with Crippen LogP contribution in [0.3, 0.4) is 0 Å². The smallest absolute Gasteiger partial charge is 0.159 e. The molecule has 1 aromatic heterocycles. The minimum atomic E-state index is 0.597. The summed E-state index contributed by atoms with van der Waals surface area (Å²) < 4.78 is 0.969. The van der Waals surface area contributed by atoms with E-state index in [4.69, 9.17) is 5.73 Å². The molecule has 0 atom stereocenters. The summed E-state index contributed by atoms with van der Waals surface area (Å²) in [5.74, 6) is 2.17. The second-order valence-electron chi connectivity index (χ2n) is 7.18. The van der Waals surface area contributed by atoms with E-state index in [1.807, 2.05) is 24.3 Å². The van der Waals surface area contributed by atoms with Crippen LogP contribution in [0, 0.1) is 5.92 Å². The Morgan fingerprint density at radius 1 is 1.00 bits per heavy atom. The van der Waals surface area contributed by atoms with Crippen LogP contribution in [0.4, 0.5) is 23.0 Å². The SMILES string of the molecule is Nc1c(Nc2ccccc2Br)ncnc1N1CCC(Cc2ccccc2)CC1. The van der Waals surface area contributed by atoms with Crippen molar-refractivity contribution in [3.05, 3.63) is 71.0 Å². The normalized spacial score (nSPS) is 14.8. The maximum Gasteiger partial charge on any atom is 0.159 e. The number of nitrogens with two attached hydrogens (primary N) is 1. The lowest BCUT2D eigenvalue weighted by molar-refractivity contribution is 0.402. The average molecular weight is 438 g/mol. The molecule has 1 saturated heterocycles. The molecule has 1 fully saturated rings. The summed E-state index contributed by atoms with van der Waals surface area (Å²) in [5.41, 5.74) is 9.37. The highest BCUT2D eigenvalue weighted by molar-refractivity contribution is 9.10. The van der Waals surface area contributed by atoms with Crippen LogP contribution < -0.4 is 16.0 Å². The summed E-state index contributed by atoms with van der Waals surface area (Å²) in [6, 6.07) is 18.7. The lowest BCUT2D eigenvalue weighted by Crippen LogP contribution is -2.35. The zero-order valence-corrected chi connectivity index (χ0v) is 17.3. The zero-order chi connectivity index (χ0) is 19.3. The number of benzene rings is 2. The molecule has 0 saturated carbocycles. The van der Waals surface area contributed by atoms with Crippen LogP contribution in [-0.4, -0.2) is 23.1 Å². The van der Waals surface area contributed by atoms with Crippen molar-refractivity contribution >= 4 is 38.9 Å². The number of nitrogens with zero attached hydrogens (tertiary/aromatic N) is 3. The minimum Gasteiger partial charge on any atom is -0.393 e. The van der Waals surface area contributed by atoms with Gasteiger partial charge in [0.1, 0.15) is 12.0 Å². The predicted octanol–water partition coefficient (Wildman–Crippen LogP) is 5.02. The van der Waals surface area contributed by atoms with Gasteiger partial charge in [0.05, 0.1) is 5.69 Å². The van der Waals surface area contributed by atoms with E-state index in [-0.39, 0.29) is 0 Å². The van der Waals surface area contributed by atoms with Crippen LogP contribution in [0.1, 0.15) is 18.4 Å². The fourth-order valence-corrected chi connectivity index (χ4v) is 4.11. The summed E-state index contributed by atoms with van der Waals surface area (Å²) in [4.78, 5) is 11.1. The van der Waals surface area contributed by atoms with Crippen LogP contribution >= 0.6 is 15.9 Å². The Bertz CT molecular complexity index is 923. The second kappa shape index (κ2) is 8.61. The number of anilines is 4. The second-order valence-corrected chi connectivity index (χ2v) is 8.04. The highest BCUT2D eigenvalue weighted by Gasteiger charge is 2.23. The van der Waals surface area contributed by atoms with Crippen LogP contribution in [-0.2, 0) is 6.42 Å². The Balaban J connectivity index is 1.43. The predicted molar refractivity (Wildman–Crippen MR) is 119 cm³/mol. The van der Waals surface area contributed by atoms with Crippen LogP contribution in [0.25, 0.3) is 0 Å². The molecule has 0 bridgehead atoms. The highest BCUT2D eigenvalue weighted by Crippen LogP contribution is 2.33. The molecule has 1 aliphatic rings. The van der Waals surface area contributed by atoms with E-state index >= 15 is 0 Å². The average Bonchev–Trinajstić information content (AvgIpc) is 2.73. The number of aromatic nitrogens is 2. The molecule has 144 valence electrons. The van der Waals surface area contributed by atoms with Gasteiger partial charge in [0.15, 0.2) is 11.6 Å². The van der Waals surface area contributed by atoms with Crippen molar-refractivity contribution in [3.8, 4) is 0 Å². The maximum absolute atomic E-state index is 6.43. The fraction of sp³-hybridized carbons (Fsp3) is 0.273. The zero-order valence-electron chi connectivity index (χ0n) is 15.7. The molecule has 0 unspecified atom stereocenters. The first-order valence-electron chi connectivity index (χ1n) is 9.61. The summed E-state index contributed by atoms with van der Waals surface area (Å²) >= 11 is 3.55. The van der Waals surface area contributed by atoms with Gasteiger partial charge in [0, 0.05) is 17.6 Å². The van der Waals surface area contributed by atoms with Gasteiger partial charge in [-0.25, -0.2) is 9.97 Å². The first-order valence-corrected chi connectivity index (χ1v) is 10.4. The number of piperidine rings is 1. The molecule has 5 nitrogen and oxygen atoms in total. The molecule has 2 heterocycles. The Hall–Kier alpha value is -2.60. The molecule has 4 rings (SSSR count). The first-order chi connectivity index (χ1) is 13.7. The summed E-state index contributed by atoms with van der Waals surface area (Å²) in [6.07, 6.45) is 5.01. The number of nitrogens with one attached hydrogen (secondary N) is 1. The van der Waals surface area contributed by atoms with E-state index in [1.54, 1.807) is 6.33 Å². The third-order valence-electron chi connectivity index (χ3n) is 5.27. The van der Waals surface area contributed by atoms with E-state index in [2.05, 4.69) is 66.4 Å². The van der Waals surface area contributed by atoms with Crippen molar-refractivity contribution < 1.29 is 0 Å². The summed E-state index contributed by atoms with van der Waals surface area (Å²) in [5, 5.41) is 3.31. The third-order valence-corrected chi connectivity index (χ3v) is 5.96. The van der Waals surface area contributed by atoms with Gasteiger partial charge in [0.25, 0.3) is 0 Å². The molecule has 0 radical (unpaired) electrons. The van der Waals surface area contributed by atoms with Gasteiger partial charge in [-0.15, -0.1) is 0 Å². The number of halogens is 1. The Morgan fingerprint density at radius 3 is 2.46 bits per heavy atom. The Kier molecular flexibility index (Phi) is 5.76. The standard InChI is InChI=1S/C22H24BrN5/c23-18-8-4-5-9-19(18)27-21-20(24)22(26-15-25-21)28-12-10-17(11-13-28)14-16-6-2-1-3-7-16/h1-9,15,17H,10-14,24H2,(H,25,26,27). The molecular weight excluding hydrogens is 414 g/mol.